The van der Waals surface area contributed by atoms with Crippen molar-refractivity contribution in [2.45, 2.75) is 13.5 Å². The lowest BCUT2D eigenvalue weighted by molar-refractivity contribution is -0.384. The van der Waals surface area contributed by atoms with E-state index in [0.29, 0.717) is 54.4 Å². The van der Waals surface area contributed by atoms with Crippen LogP contribution >= 0.6 is 27.7 Å². The van der Waals surface area contributed by atoms with Gasteiger partial charge in [0.2, 0.25) is 5.91 Å². The first-order valence-electron chi connectivity index (χ1n) is 11.7. The lowest BCUT2D eigenvalue weighted by atomic mass is 10.1. The van der Waals surface area contributed by atoms with Crippen molar-refractivity contribution >= 4 is 56.5 Å². The van der Waals surface area contributed by atoms with Crippen LogP contribution in [-0.2, 0) is 20.9 Å². The van der Waals surface area contributed by atoms with Crippen molar-refractivity contribution in [2.24, 2.45) is 0 Å². The van der Waals surface area contributed by atoms with Gasteiger partial charge in [0.25, 0.3) is 16.8 Å². The summed E-state index contributed by atoms with van der Waals surface area (Å²) in [5, 5.41) is 10.4. The van der Waals surface area contributed by atoms with Crippen molar-refractivity contribution < 1.29 is 33.5 Å². The highest BCUT2D eigenvalue weighted by atomic mass is 79.9. The molecule has 2 aromatic rings. The van der Waals surface area contributed by atoms with Gasteiger partial charge in [-0.05, 0) is 76.1 Å². The van der Waals surface area contributed by atoms with Gasteiger partial charge in [0.1, 0.15) is 13.2 Å². The number of morpholine rings is 1. The van der Waals surface area contributed by atoms with Gasteiger partial charge in [-0.1, -0.05) is 0 Å². The molecule has 4 rings (SSSR count). The van der Waals surface area contributed by atoms with Gasteiger partial charge < -0.3 is 19.1 Å². The number of hydrogen-bond acceptors (Lipinski definition) is 9. The number of carbonyl (C=O) groups is 3. The number of non-ortho nitro benzene ring substituents is 1. The smallest absolute Gasteiger partial charge is 0.294 e. The number of nitro groups is 1. The standard InChI is InChI=1S/C25H24BrN3O8S/c1-2-36-20-12-17(11-19(26)23(20)37-15-16-3-5-18(6-4-16)29(33)34)13-21-24(31)28(25(32)38-21)14-22(30)27-7-9-35-10-8-27/h3-6,11-13H,2,7-10,14-15H2,1H3/b21-13+. The molecule has 0 aromatic heterocycles. The number of imide groups is 1. The van der Waals surface area contributed by atoms with E-state index in [0.717, 1.165) is 22.2 Å². The molecule has 3 amide bonds. The Hall–Kier alpha value is -3.42. The Kier molecular flexibility index (Phi) is 9.02. The molecular formula is C25H24BrN3O8S. The van der Waals surface area contributed by atoms with Crippen LogP contribution in [0.15, 0.2) is 45.8 Å². The first-order valence-corrected chi connectivity index (χ1v) is 13.3. The van der Waals surface area contributed by atoms with Crippen LogP contribution in [0.3, 0.4) is 0 Å². The number of thioether (sulfide) groups is 1. The van der Waals surface area contributed by atoms with E-state index in [2.05, 4.69) is 15.9 Å². The Morgan fingerprint density at radius 2 is 1.89 bits per heavy atom. The van der Waals surface area contributed by atoms with Crippen molar-refractivity contribution in [1.29, 1.82) is 0 Å². The molecule has 0 spiro atoms. The maximum atomic E-state index is 12.9. The molecule has 200 valence electrons. The molecule has 38 heavy (non-hydrogen) atoms. The zero-order valence-corrected chi connectivity index (χ0v) is 22.8. The second kappa shape index (κ2) is 12.4. The van der Waals surface area contributed by atoms with Gasteiger partial charge in [-0.15, -0.1) is 0 Å². The van der Waals surface area contributed by atoms with E-state index in [1.807, 2.05) is 6.92 Å². The summed E-state index contributed by atoms with van der Waals surface area (Å²) in [4.78, 5) is 51.1. The summed E-state index contributed by atoms with van der Waals surface area (Å²) in [6.07, 6.45) is 1.57. The zero-order chi connectivity index (χ0) is 27.2. The van der Waals surface area contributed by atoms with Crippen molar-refractivity contribution in [1.82, 2.24) is 9.80 Å². The minimum Gasteiger partial charge on any atom is -0.490 e. The summed E-state index contributed by atoms with van der Waals surface area (Å²) in [6, 6.07) is 9.44. The predicted octanol–water partition coefficient (Wildman–Crippen LogP) is 4.23. The van der Waals surface area contributed by atoms with E-state index in [1.165, 1.54) is 12.1 Å². The number of nitro benzene ring substituents is 1. The van der Waals surface area contributed by atoms with Gasteiger partial charge in [0.15, 0.2) is 11.5 Å². The molecule has 0 radical (unpaired) electrons. The number of carbonyl (C=O) groups excluding carboxylic acids is 3. The molecule has 11 nitrogen and oxygen atoms in total. The summed E-state index contributed by atoms with van der Waals surface area (Å²) in [5.74, 6) is 0.00487. The third kappa shape index (κ3) is 6.52. The lowest BCUT2D eigenvalue weighted by Crippen LogP contribution is -2.46. The first kappa shape index (κ1) is 27.6. The van der Waals surface area contributed by atoms with Crippen LogP contribution in [0.25, 0.3) is 6.08 Å². The van der Waals surface area contributed by atoms with Gasteiger partial charge in [0, 0.05) is 25.2 Å². The van der Waals surface area contributed by atoms with E-state index in [4.69, 9.17) is 14.2 Å². The van der Waals surface area contributed by atoms with E-state index in [1.54, 1.807) is 35.2 Å². The highest BCUT2D eigenvalue weighted by Crippen LogP contribution is 2.39. The lowest BCUT2D eigenvalue weighted by Gasteiger charge is -2.28. The van der Waals surface area contributed by atoms with Crippen LogP contribution in [0.2, 0.25) is 0 Å². The second-order valence-corrected chi connectivity index (χ2v) is 10.1. The molecule has 13 heteroatoms. The Morgan fingerprint density at radius 1 is 1.18 bits per heavy atom. The molecule has 0 aliphatic carbocycles. The number of benzene rings is 2. The quantitative estimate of drug-likeness (QED) is 0.234. The highest BCUT2D eigenvalue weighted by molar-refractivity contribution is 9.10. The Labute approximate surface area is 231 Å². The summed E-state index contributed by atoms with van der Waals surface area (Å²) in [6.45, 7) is 3.71. The summed E-state index contributed by atoms with van der Waals surface area (Å²) >= 11 is 4.26. The van der Waals surface area contributed by atoms with Crippen LogP contribution in [0.1, 0.15) is 18.1 Å². The Balaban J connectivity index is 1.49. The fourth-order valence-corrected chi connectivity index (χ4v) is 5.19. The molecule has 0 atom stereocenters. The highest BCUT2D eigenvalue weighted by Gasteiger charge is 2.37. The molecule has 2 fully saturated rings. The normalized spacial score (nSPS) is 16.7. The third-order valence-corrected chi connectivity index (χ3v) is 7.19. The predicted molar refractivity (Wildman–Crippen MR) is 143 cm³/mol. The third-order valence-electron chi connectivity index (χ3n) is 5.69. The summed E-state index contributed by atoms with van der Waals surface area (Å²) in [7, 11) is 0. The number of hydrogen-bond donors (Lipinski definition) is 0. The minimum absolute atomic E-state index is 0.0100. The summed E-state index contributed by atoms with van der Waals surface area (Å²) in [5.41, 5.74) is 1.31. The maximum Gasteiger partial charge on any atom is 0.294 e. The van der Waals surface area contributed by atoms with E-state index >= 15 is 0 Å². The SMILES string of the molecule is CCOc1cc(/C=C2/SC(=O)N(CC(=O)N3CCOCC3)C2=O)cc(Br)c1OCc1ccc([N+](=O)[O-])cc1. The van der Waals surface area contributed by atoms with Crippen LogP contribution < -0.4 is 9.47 Å². The fraction of sp³-hybridized carbons (Fsp3) is 0.320. The number of ether oxygens (including phenoxy) is 3. The largest absolute Gasteiger partial charge is 0.490 e. The van der Waals surface area contributed by atoms with Crippen LogP contribution in [-0.4, -0.2) is 71.2 Å². The monoisotopic (exact) mass is 605 g/mol. The molecule has 2 aliphatic rings. The maximum absolute atomic E-state index is 12.9. The van der Waals surface area contributed by atoms with Gasteiger partial charge >= 0.3 is 0 Å². The minimum atomic E-state index is -0.533. The van der Waals surface area contributed by atoms with E-state index in [-0.39, 0.29) is 29.7 Å². The van der Waals surface area contributed by atoms with Gasteiger partial charge in [-0.3, -0.25) is 29.4 Å². The molecule has 2 saturated heterocycles. The fourth-order valence-electron chi connectivity index (χ4n) is 3.78. The average molecular weight is 606 g/mol. The van der Waals surface area contributed by atoms with Gasteiger partial charge in [0.05, 0.1) is 34.1 Å². The summed E-state index contributed by atoms with van der Waals surface area (Å²) < 4.78 is 17.5. The topological polar surface area (TPSA) is 129 Å². The molecule has 2 aliphatic heterocycles. The zero-order valence-electron chi connectivity index (χ0n) is 20.4. The van der Waals surface area contributed by atoms with Crippen molar-refractivity contribution in [3.63, 3.8) is 0 Å². The molecule has 0 saturated carbocycles. The number of halogens is 1. The van der Waals surface area contributed by atoms with E-state index < -0.39 is 16.1 Å². The van der Waals surface area contributed by atoms with Gasteiger partial charge in [-0.25, -0.2) is 0 Å². The molecular weight excluding hydrogens is 582 g/mol. The Bertz CT molecular complexity index is 1280. The number of nitrogens with zero attached hydrogens (tertiary/aromatic N) is 3. The molecule has 0 unspecified atom stereocenters. The molecule has 0 N–H and O–H groups in total. The van der Waals surface area contributed by atoms with Gasteiger partial charge in [-0.2, -0.15) is 0 Å². The van der Waals surface area contributed by atoms with Crippen LogP contribution in [0, 0.1) is 10.1 Å². The van der Waals surface area contributed by atoms with E-state index in [9.17, 15) is 24.5 Å². The number of amides is 3. The Morgan fingerprint density at radius 3 is 2.55 bits per heavy atom. The average Bonchev–Trinajstić information content (AvgIpc) is 3.16. The molecule has 0 bridgehead atoms. The molecule has 2 heterocycles. The second-order valence-electron chi connectivity index (χ2n) is 8.24. The number of rotatable bonds is 9. The van der Waals surface area contributed by atoms with Crippen LogP contribution in [0.4, 0.5) is 10.5 Å². The first-order chi connectivity index (χ1) is 18.3. The van der Waals surface area contributed by atoms with Crippen molar-refractivity contribution in [2.75, 3.05) is 39.5 Å². The van der Waals surface area contributed by atoms with Crippen LogP contribution in [0.5, 0.6) is 11.5 Å². The van der Waals surface area contributed by atoms with Crippen molar-refractivity contribution in [3.05, 3.63) is 67.0 Å². The molecule has 2 aromatic carbocycles. The van der Waals surface area contributed by atoms with Crippen molar-refractivity contribution in [3.8, 4) is 11.5 Å².